The van der Waals surface area contributed by atoms with E-state index < -0.39 is 18.1 Å². The lowest BCUT2D eigenvalue weighted by Gasteiger charge is -2.24. The van der Waals surface area contributed by atoms with E-state index in [1.807, 2.05) is 41.5 Å². The molecule has 0 heterocycles. The Morgan fingerprint density at radius 2 is 1.33 bits per heavy atom. The molecule has 0 aliphatic rings. The van der Waals surface area contributed by atoms with Crippen LogP contribution in [0.4, 0.5) is 0 Å². The van der Waals surface area contributed by atoms with Gasteiger partial charge in [0.15, 0.2) is 0 Å². The van der Waals surface area contributed by atoms with Crippen LogP contribution in [0.15, 0.2) is 0 Å². The van der Waals surface area contributed by atoms with E-state index >= 15 is 0 Å². The van der Waals surface area contributed by atoms with Crippen molar-refractivity contribution in [2.75, 3.05) is 0 Å². The molecule has 2 amide bonds. The number of nitrogens with one attached hydrogen (secondary N) is 2. The molecule has 0 bridgehead atoms. The predicted molar refractivity (Wildman–Crippen MR) is 96.3 cm³/mol. The Labute approximate surface area is 146 Å². The zero-order valence-corrected chi connectivity index (χ0v) is 16.0. The Balaban J connectivity index is 4.88. The van der Waals surface area contributed by atoms with Crippen LogP contribution in [0.2, 0.25) is 0 Å². The van der Waals surface area contributed by atoms with Gasteiger partial charge in [-0.25, -0.2) is 0 Å². The third kappa shape index (κ3) is 9.65. The molecule has 0 radical (unpaired) electrons. The molecular weight excluding hydrogens is 306 g/mol. The van der Waals surface area contributed by atoms with Crippen LogP contribution in [-0.2, 0) is 14.4 Å². The Kier molecular flexibility index (Phi) is 10.5. The highest BCUT2D eigenvalue weighted by Gasteiger charge is 2.26. The Bertz CT molecular complexity index is 408. The van der Waals surface area contributed by atoms with Gasteiger partial charge in [-0.15, -0.1) is 0 Å². The minimum Gasteiger partial charge on any atom is -0.345 e. The van der Waals surface area contributed by atoms with Gasteiger partial charge >= 0.3 is 0 Å². The summed E-state index contributed by atoms with van der Waals surface area (Å²) < 4.78 is 0. The van der Waals surface area contributed by atoms with Crippen molar-refractivity contribution in [1.82, 2.24) is 10.6 Å². The summed E-state index contributed by atoms with van der Waals surface area (Å²) in [5.41, 5.74) is 5.89. The van der Waals surface area contributed by atoms with Crippen molar-refractivity contribution in [3.05, 3.63) is 0 Å². The maximum Gasteiger partial charge on any atom is 0.243 e. The van der Waals surface area contributed by atoms with E-state index in [0.717, 1.165) is 6.29 Å². The molecular formula is C18H35N3O3. The van der Waals surface area contributed by atoms with Crippen LogP contribution >= 0.6 is 0 Å². The molecule has 6 nitrogen and oxygen atoms in total. The van der Waals surface area contributed by atoms with E-state index in [1.54, 1.807) is 0 Å². The molecule has 0 aromatic carbocycles. The highest BCUT2D eigenvalue weighted by molar-refractivity contribution is 5.90. The summed E-state index contributed by atoms with van der Waals surface area (Å²) in [5, 5.41) is 5.47. The molecule has 6 heteroatoms. The van der Waals surface area contributed by atoms with Gasteiger partial charge in [-0.1, -0.05) is 41.5 Å². The van der Waals surface area contributed by atoms with Crippen LogP contribution in [0.5, 0.6) is 0 Å². The second-order valence-corrected chi connectivity index (χ2v) is 7.81. The van der Waals surface area contributed by atoms with Gasteiger partial charge in [0, 0.05) is 0 Å². The molecule has 0 spiro atoms. The van der Waals surface area contributed by atoms with Crippen LogP contribution < -0.4 is 16.4 Å². The van der Waals surface area contributed by atoms with E-state index in [4.69, 9.17) is 5.73 Å². The highest BCUT2D eigenvalue weighted by atomic mass is 16.2. The summed E-state index contributed by atoms with van der Waals surface area (Å²) in [6.45, 7) is 11.9. The van der Waals surface area contributed by atoms with Crippen molar-refractivity contribution < 1.29 is 14.4 Å². The van der Waals surface area contributed by atoms with Crippen LogP contribution in [-0.4, -0.2) is 36.2 Å². The summed E-state index contributed by atoms with van der Waals surface area (Å²) in [4.78, 5) is 35.9. The summed E-state index contributed by atoms with van der Waals surface area (Å²) in [6, 6.07) is -1.84. The number of hydrogen-bond acceptors (Lipinski definition) is 4. The van der Waals surface area contributed by atoms with Gasteiger partial charge < -0.3 is 21.2 Å². The van der Waals surface area contributed by atoms with Gasteiger partial charge in [-0.05, 0) is 37.0 Å². The van der Waals surface area contributed by atoms with Crippen molar-refractivity contribution in [3.63, 3.8) is 0 Å². The lowest BCUT2D eigenvalue weighted by atomic mass is 9.99. The van der Waals surface area contributed by atoms with Gasteiger partial charge in [0.2, 0.25) is 11.8 Å². The van der Waals surface area contributed by atoms with Crippen LogP contribution in [0.3, 0.4) is 0 Å². The van der Waals surface area contributed by atoms with E-state index in [9.17, 15) is 14.4 Å². The third-order valence-corrected chi connectivity index (χ3v) is 3.62. The monoisotopic (exact) mass is 341 g/mol. The minimum atomic E-state index is -0.676. The van der Waals surface area contributed by atoms with Crippen molar-refractivity contribution >= 4 is 18.1 Å². The first kappa shape index (κ1) is 22.6. The molecule has 0 aliphatic heterocycles. The second kappa shape index (κ2) is 11.2. The van der Waals surface area contributed by atoms with E-state index in [2.05, 4.69) is 10.6 Å². The number of rotatable bonds is 11. The average Bonchev–Trinajstić information content (AvgIpc) is 2.43. The molecule has 0 rings (SSSR count). The maximum absolute atomic E-state index is 12.5. The molecule has 24 heavy (non-hydrogen) atoms. The van der Waals surface area contributed by atoms with Crippen LogP contribution in [0, 0.1) is 17.8 Å². The molecule has 0 aromatic heterocycles. The summed E-state index contributed by atoms with van der Waals surface area (Å²) in [7, 11) is 0. The quantitative estimate of drug-likeness (QED) is 0.497. The minimum absolute atomic E-state index is 0.224. The lowest BCUT2D eigenvalue weighted by Crippen LogP contribution is -2.54. The SMILES string of the molecule is CC(C)CC(C=O)NC(=O)[C@H](CC(C)C)NC(=O)C(N)CC(C)C. The molecule has 4 N–H and O–H groups in total. The number of carbonyl (C=O) groups excluding carboxylic acids is 3. The maximum atomic E-state index is 12.5. The smallest absolute Gasteiger partial charge is 0.243 e. The Morgan fingerprint density at radius 3 is 1.75 bits per heavy atom. The highest BCUT2D eigenvalue weighted by Crippen LogP contribution is 2.09. The van der Waals surface area contributed by atoms with Gasteiger partial charge in [0.05, 0.1) is 12.1 Å². The fourth-order valence-corrected chi connectivity index (χ4v) is 2.54. The normalized spacial score (nSPS) is 15.2. The van der Waals surface area contributed by atoms with Crippen molar-refractivity contribution in [1.29, 1.82) is 0 Å². The largest absolute Gasteiger partial charge is 0.345 e. The van der Waals surface area contributed by atoms with Crippen molar-refractivity contribution in [3.8, 4) is 0 Å². The Hall–Kier alpha value is -1.43. The van der Waals surface area contributed by atoms with Crippen LogP contribution in [0.25, 0.3) is 0 Å². The van der Waals surface area contributed by atoms with Crippen molar-refractivity contribution in [2.45, 2.75) is 78.9 Å². The first-order valence-corrected chi connectivity index (χ1v) is 8.88. The molecule has 140 valence electrons. The molecule has 0 aliphatic carbocycles. The van der Waals surface area contributed by atoms with E-state index in [0.29, 0.717) is 25.2 Å². The van der Waals surface area contributed by atoms with E-state index in [-0.39, 0.29) is 23.7 Å². The van der Waals surface area contributed by atoms with Gasteiger partial charge in [0.25, 0.3) is 0 Å². The first-order valence-electron chi connectivity index (χ1n) is 8.88. The predicted octanol–water partition coefficient (Wildman–Crippen LogP) is 1.62. The molecule has 0 saturated carbocycles. The third-order valence-electron chi connectivity index (χ3n) is 3.62. The average molecular weight is 341 g/mol. The summed E-state index contributed by atoms with van der Waals surface area (Å²) in [5.74, 6) is 0.163. The zero-order valence-electron chi connectivity index (χ0n) is 16.0. The molecule has 0 aromatic rings. The van der Waals surface area contributed by atoms with Gasteiger partial charge in [0.1, 0.15) is 12.3 Å². The number of hydrogen-bond donors (Lipinski definition) is 3. The Morgan fingerprint density at radius 1 is 0.833 bits per heavy atom. The molecule has 0 fully saturated rings. The number of nitrogens with two attached hydrogens (primary N) is 1. The number of aldehydes is 1. The first-order chi connectivity index (χ1) is 11.1. The molecule has 3 atom stereocenters. The number of amides is 2. The fourth-order valence-electron chi connectivity index (χ4n) is 2.54. The number of carbonyl (C=O) groups is 3. The topological polar surface area (TPSA) is 101 Å². The van der Waals surface area contributed by atoms with E-state index in [1.165, 1.54) is 0 Å². The molecule has 0 saturated heterocycles. The van der Waals surface area contributed by atoms with Gasteiger partial charge in [-0.3, -0.25) is 9.59 Å². The van der Waals surface area contributed by atoms with Gasteiger partial charge in [-0.2, -0.15) is 0 Å². The summed E-state index contributed by atoms with van der Waals surface area (Å²) in [6.07, 6.45) is 2.38. The molecule has 2 unspecified atom stereocenters. The lowest BCUT2D eigenvalue weighted by molar-refractivity contribution is -0.131. The standard InChI is InChI=1S/C18H35N3O3/c1-11(2)7-14(10-22)20-18(24)16(9-13(5)6)21-17(23)15(19)8-12(3)4/h10-16H,7-9,19H2,1-6H3,(H,20,24)(H,21,23)/t14?,15?,16-/m0/s1. The zero-order chi connectivity index (χ0) is 18.9. The van der Waals surface area contributed by atoms with Crippen molar-refractivity contribution in [2.24, 2.45) is 23.5 Å². The second-order valence-electron chi connectivity index (χ2n) is 7.81. The van der Waals surface area contributed by atoms with Crippen LogP contribution in [0.1, 0.15) is 60.8 Å². The fraction of sp³-hybridized carbons (Fsp3) is 0.833. The summed E-state index contributed by atoms with van der Waals surface area (Å²) >= 11 is 0.